The molecular weight excluding hydrogens is 382 g/mol. The number of rotatable bonds is 8. The first-order valence-corrected chi connectivity index (χ1v) is 9.83. The summed E-state index contributed by atoms with van der Waals surface area (Å²) in [4.78, 5) is 12.1. The molecule has 0 aromatic heterocycles. The Hall–Kier alpha value is -3.67. The van der Waals surface area contributed by atoms with E-state index in [1.165, 1.54) is 5.56 Å². The number of nitrogens with one attached hydrogen (secondary N) is 1. The maximum absolute atomic E-state index is 12.1. The summed E-state index contributed by atoms with van der Waals surface area (Å²) in [5.74, 6) is 3.47. The Bertz CT molecular complexity index is 999. The monoisotopic (exact) mass is 405 g/mol. The molecule has 0 saturated carbocycles. The normalized spacial score (nSPS) is 11.8. The van der Waals surface area contributed by atoms with Crippen molar-refractivity contribution in [1.82, 2.24) is 0 Å². The van der Waals surface area contributed by atoms with Gasteiger partial charge in [-0.1, -0.05) is 17.7 Å². The van der Waals surface area contributed by atoms with Crippen molar-refractivity contribution in [3.8, 4) is 28.7 Å². The van der Waals surface area contributed by atoms with Gasteiger partial charge in [-0.25, -0.2) is 0 Å². The fourth-order valence-electron chi connectivity index (χ4n) is 2.96. The standard InChI is InChI=1S/C24H23NO5/c1-17-4-8-19(9-5-17)27-14-2-3-24(26)25-18-6-10-20(11-7-18)30-21-12-13-22-23(15-21)29-16-28-22/h4-13,15H,2-3,14,16H2,1H3,(H,25,26). The first-order valence-electron chi connectivity index (χ1n) is 9.83. The van der Waals surface area contributed by atoms with E-state index < -0.39 is 0 Å². The largest absolute Gasteiger partial charge is 0.494 e. The number of anilines is 1. The summed E-state index contributed by atoms with van der Waals surface area (Å²) in [5, 5.41) is 2.89. The number of carbonyl (C=O) groups excluding carboxylic acids is 1. The molecule has 4 rings (SSSR count). The van der Waals surface area contributed by atoms with Gasteiger partial charge >= 0.3 is 0 Å². The molecule has 1 heterocycles. The average molecular weight is 405 g/mol. The smallest absolute Gasteiger partial charge is 0.231 e. The van der Waals surface area contributed by atoms with E-state index in [1.54, 1.807) is 18.2 Å². The van der Waals surface area contributed by atoms with Crippen LogP contribution in [0.2, 0.25) is 0 Å². The molecule has 3 aromatic carbocycles. The van der Waals surface area contributed by atoms with Gasteiger partial charge in [0.1, 0.15) is 17.2 Å². The fraction of sp³-hybridized carbons (Fsp3) is 0.208. The Labute approximate surface area is 175 Å². The fourth-order valence-corrected chi connectivity index (χ4v) is 2.96. The first kappa shape index (κ1) is 19.6. The Morgan fingerprint density at radius 2 is 1.60 bits per heavy atom. The lowest BCUT2D eigenvalue weighted by Gasteiger charge is -2.09. The number of carbonyl (C=O) groups is 1. The van der Waals surface area contributed by atoms with Crippen LogP contribution in [0.15, 0.2) is 66.7 Å². The molecule has 6 nitrogen and oxygen atoms in total. The maximum atomic E-state index is 12.1. The summed E-state index contributed by atoms with van der Waals surface area (Å²) in [6.07, 6.45) is 1.03. The van der Waals surface area contributed by atoms with Crippen LogP contribution in [0.3, 0.4) is 0 Å². The summed E-state index contributed by atoms with van der Waals surface area (Å²) < 4.78 is 22.1. The van der Waals surface area contributed by atoms with E-state index in [9.17, 15) is 4.79 Å². The van der Waals surface area contributed by atoms with Gasteiger partial charge in [0.2, 0.25) is 12.7 Å². The van der Waals surface area contributed by atoms with E-state index >= 15 is 0 Å². The summed E-state index contributed by atoms with van der Waals surface area (Å²) in [5.41, 5.74) is 1.91. The number of amides is 1. The predicted molar refractivity (Wildman–Crippen MR) is 114 cm³/mol. The first-order chi connectivity index (χ1) is 14.7. The van der Waals surface area contributed by atoms with E-state index in [-0.39, 0.29) is 12.7 Å². The molecule has 0 saturated heterocycles. The molecule has 154 valence electrons. The van der Waals surface area contributed by atoms with Gasteiger partial charge in [0, 0.05) is 18.2 Å². The molecule has 30 heavy (non-hydrogen) atoms. The van der Waals surface area contributed by atoms with E-state index in [2.05, 4.69) is 5.32 Å². The van der Waals surface area contributed by atoms with E-state index in [0.29, 0.717) is 42.4 Å². The highest BCUT2D eigenvalue weighted by Crippen LogP contribution is 2.36. The summed E-state index contributed by atoms with van der Waals surface area (Å²) in [6.45, 7) is 2.76. The lowest BCUT2D eigenvalue weighted by Crippen LogP contribution is -2.12. The highest BCUT2D eigenvalue weighted by atomic mass is 16.7. The summed E-state index contributed by atoms with van der Waals surface area (Å²) >= 11 is 0. The van der Waals surface area contributed by atoms with E-state index in [1.807, 2.05) is 55.5 Å². The van der Waals surface area contributed by atoms with Crippen molar-refractivity contribution in [2.24, 2.45) is 0 Å². The van der Waals surface area contributed by atoms with E-state index in [4.69, 9.17) is 18.9 Å². The van der Waals surface area contributed by atoms with Gasteiger partial charge in [0.25, 0.3) is 0 Å². The predicted octanol–water partition coefficient (Wildman–Crippen LogP) is 5.31. The second-order valence-corrected chi connectivity index (χ2v) is 6.95. The minimum absolute atomic E-state index is 0.0491. The van der Waals surface area contributed by atoms with Crippen LogP contribution >= 0.6 is 0 Å². The molecular formula is C24H23NO5. The van der Waals surface area contributed by atoms with Crippen molar-refractivity contribution >= 4 is 11.6 Å². The van der Waals surface area contributed by atoms with Gasteiger partial charge < -0.3 is 24.3 Å². The van der Waals surface area contributed by atoms with Crippen LogP contribution in [-0.2, 0) is 4.79 Å². The molecule has 1 amide bonds. The third-order valence-electron chi connectivity index (χ3n) is 4.56. The molecule has 0 spiro atoms. The van der Waals surface area contributed by atoms with Gasteiger partial charge in [0.15, 0.2) is 11.5 Å². The van der Waals surface area contributed by atoms with Crippen LogP contribution < -0.4 is 24.3 Å². The zero-order valence-electron chi connectivity index (χ0n) is 16.7. The van der Waals surface area contributed by atoms with Crippen molar-refractivity contribution < 1.29 is 23.7 Å². The minimum atomic E-state index is -0.0491. The lowest BCUT2D eigenvalue weighted by molar-refractivity contribution is -0.116. The van der Waals surface area contributed by atoms with Crippen LogP contribution in [0, 0.1) is 6.92 Å². The van der Waals surface area contributed by atoms with Gasteiger partial charge in [-0.3, -0.25) is 4.79 Å². The average Bonchev–Trinajstić information content (AvgIpc) is 3.22. The molecule has 3 aromatic rings. The third kappa shape index (κ3) is 5.23. The maximum Gasteiger partial charge on any atom is 0.231 e. The molecule has 0 unspecified atom stereocenters. The van der Waals surface area contributed by atoms with Crippen molar-refractivity contribution in [1.29, 1.82) is 0 Å². The molecule has 0 atom stereocenters. The number of fused-ring (bicyclic) bond motifs is 1. The van der Waals surface area contributed by atoms with Gasteiger partial charge in [-0.05, 0) is 61.9 Å². The van der Waals surface area contributed by atoms with Gasteiger partial charge in [-0.15, -0.1) is 0 Å². The van der Waals surface area contributed by atoms with Crippen LogP contribution in [0.1, 0.15) is 18.4 Å². The van der Waals surface area contributed by atoms with Gasteiger partial charge in [0.05, 0.1) is 6.61 Å². The minimum Gasteiger partial charge on any atom is -0.494 e. The second kappa shape index (κ2) is 9.22. The number of hydrogen-bond acceptors (Lipinski definition) is 5. The van der Waals surface area contributed by atoms with Crippen molar-refractivity contribution in [2.75, 3.05) is 18.7 Å². The Morgan fingerprint density at radius 3 is 2.40 bits per heavy atom. The summed E-state index contributed by atoms with van der Waals surface area (Å²) in [7, 11) is 0. The molecule has 1 N–H and O–H groups in total. The molecule has 1 aliphatic rings. The summed E-state index contributed by atoms with van der Waals surface area (Å²) in [6, 6.07) is 20.5. The Morgan fingerprint density at radius 1 is 0.900 bits per heavy atom. The molecule has 6 heteroatoms. The number of aryl methyl sites for hydroxylation is 1. The number of ether oxygens (including phenoxy) is 4. The second-order valence-electron chi connectivity index (χ2n) is 6.95. The van der Waals surface area contributed by atoms with Crippen LogP contribution in [-0.4, -0.2) is 19.3 Å². The SMILES string of the molecule is Cc1ccc(OCCCC(=O)Nc2ccc(Oc3ccc4c(c3)OCO4)cc2)cc1. The molecule has 1 aliphatic heterocycles. The Kier molecular flexibility index (Phi) is 6.03. The van der Waals surface area contributed by atoms with E-state index in [0.717, 1.165) is 11.4 Å². The van der Waals surface area contributed by atoms with Crippen LogP contribution in [0.4, 0.5) is 5.69 Å². The highest BCUT2D eigenvalue weighted by molar-refractivity contribution is 5.90. The van der Waals surface area contributed by atoms with Gasteiger partial charge in [-0.2, -0.15) is 0 Å². The highest BCUT2D eigenvalue weighted by Gasteiger charge is 2.14. The van der Waals surface area contributed by atoms with Crippen LogP contribution in [0.5, 0.6) is 28.7 Å². The zero-order valence-corrected chi connectivity index (χ0v) is 16.7. The third-order valence-corrected chi connectivity index (χ3v) is 4.56. The van der Waals surface area contributed by atoms with Crippen molar-refractivity contribution in [3.63, 3.8) is 0 Å². The topological polar surface area (TPSA) is 66.0 Å². The van der Waals surface area contributed by atoms with Crippen molar-refractivity contribution in [3.05, 3.63) is 72.3 Å². The Balaban J connectivity index is 1.21. The number of benzene rings is 3. The number of hydrogen-bond donors (Lipinski definition) is 1. The lowest BCUT2D eigenvalue weighted by atomic mass is 10.2. The quantitative estimate of drug-likeness (QED) is 0.514. The molecule has 0 radical (unpaired) electrons. The molecule has 0 fully saturated rings. The zero-order chi connectivity index (χ0) is 20.8. The molecule has 0 aliphatic carbocycles. The van der Waals surface area contributed by atoms with Crippen LogP contribution in [0.25, 0.3) is 0 Å². The molecule has 0 bridgehead atoms. The van der Waals surface area contributed by atoms with Crippen molar-refractivity contribution in [2.45, 2.75) is 19.8 Å².